The monoisotopic (exact) mass is 281 g/mol. The van der Waals surface area contributed by atoms with Gasteiger partial charge in [-0.1, -0.05) is 25.1 Å². The number of aryl methyl sites for hydroxylation is 1. The van der Waals surface area contributed by atoms with Gasteiger partial charge in [0.1, 0.15) is 0 Å². The summed E-state index contributed by atoms with van der Waals surface area (Å²) in [5, 5.41) is 8.20. The molecule has 110 valence electrons. The Morgan fingerprint density at radius 2 is 2.00 bits per heavy atom. The maximum Gasteiger partial charge on any atom is 0.0648 e. The van der Waals surface area contributed by atoms with Gasteiger partial charge in [0.2, 0.25) is 0 Å². The first kappa shape index (κ1) is 15.3. The quantitative estimate of drug-likeness (QED) is 0.823. The summed E-state index contributed by atoms with van der Waals surface area (Å²) in [6.45, 7) is 7.14. The average molecular weight is 281 g/mol. The van der Waals surface area contributed by atoms with E-state index < -0.39 is 0 Å². The van der Waals surface area contributed by atoms with Gasteiger partial charge in [0.15, 0.2) is 0 Å². The third-order valence-corrected chi connectivity index (χ3v) is 3.87. The lowest BCUT2D eigenvalue weighted by Gasteiger charge is -2.14. The second-order valence-electron chi connectivity index (χ2n) is 5.29. The third-order valence-electron chi connectivity index (χ3n) is 3.87. The Morgan fingerprint density at radius 3 is 2.62 bits per heavy atom. The number of rotatable bonds is 6. The standard InChI is InChI=1S/C18H23N3/c1-5-10-16(6-2)19-13-18-14(3)20-21(15(18)4)17-11-8-7-9-12-17/h1,7-9,11-12,16,19H,6,10,13H2,2-4H3. The number of benzene rings is 1. The zero-order chi connectivity index (χ0) is 15.2. The molecule has 0 aliphatic heterocycles. The Kier molecular flexibility index (Phi) is 5.19. The Morgan fingerprint density at radius 1 is 1.29 bits per heavy atom. The van der Waals surface area contributed by atoms with Crippen LogP contribution >= 0.6 is 0 Å². The number of hydrogen-bond acceptors (Lipinski definition) is 2. The molecular weight excluding hydrogens is 258 g/mol. The van der Waals surface area contributed by atoms with E-state index in [1.165, 1.54) is 11.3 Å². The first-order valence-corrected chi connectivity index (χ1v) is 7.44. The van der Waals surface area contributed by atoms with Crippen molar-refractivity contribution in [3.8, 4) is 18.0 Å². The Labute approximate surface area is 127 Å². The van der Waals surface area contributed by atoms with Gasteiger partial charge < -0.3 is 5.32 Å². The lowest BCUT2D eigenvalue weighted by Crippen LogP contribution is -2.27. The fourth-order valence-electron chi connectivity index (χ4n) is 2.50. The molecule has 0 radical (unpaired) electrons. The van der Waals surface area contributed by atoms with Gasteiger partial charge in [-0.15, -0.1) is 12.3 Å². The largest absolute Gasteiger partial charge is 0.309 e. The van der Waals surface area contributed by atoms with Gasteiger partial charge >= 0.3 is 0 Å². The molecule has 0 spiro atoms. The summed E-state index contributed by atoms with van der Waals surface area (Å²) in [6, 6.07) is 10.6. The Bertz CT molecular complexity index is 620. The fourth-order valence-corrected chi connectivity index (χ4v) is 2.50. The number of aromatic nitrogens is 2. The van der Waals surface area contributed by atoms with Crippen LogP contribution in [0.15, 0.2) is 30.3 Å². The summed E-state index contributed by atoms with van der Waals surface area (Å²) in [5.74, 6) is 2.73. The predicted molar refractivity (Wildman–Crippen MR) is 87.4 cm³/mol. The molecule has 21 heavy (non-hydrogen) atoms. The molecule has 0 saturated heterocycles. The minimum Gasteiger partial charge on any atom is -0.309 e. The van der Waals surface area contributed by atoms with E-state index in [4.69, 9.17) is 6.42 Å². The van der Waals surface area contributed by atoms with Crippen LogP contribution in [-0.4, -0.2) is 15.8 Å². The van der Waals surface area contributed by atoms with Crippen molar-refractivity contribution in [1.29, 1.82) is 0 Å². The van der Waals surface area contributed by atoms with E-state index in [9.17, 15) is 0 Å². The van der Waals surface area contributed by atoms with Crippen LogP contribution in [0.2, 0.25) is 0 Å². The van der Waals surface area contributed by atoms with E-state index in [1.807, 2.05) is 22.9 Å². The van der Waals surface area contributed by atoms with Crippen LogP contribution in [0.5, 0.6) is 0 Å². The van der Waals surface area contributed by atoms with Crippen molar-refractivity contribution in [2.75, 3.05) is 0 Å². The molecule has 3 heteroatoms. The van der Waals surface area contributed by atoms with Gasteiger partial charge in [-0.2, -0.15) is 5.10 Å². The molecule has 0 fully saturated rings. The minimum atomic E-state index is 0.369. The predicted octanol–water partition coefficient (Wildman–Crippen LogP) is 3.38. The summed E-state index contributed by atoms with van der Waals surface area (Å²) in [6.07, 6.45) is 7.21. The van der Waals surface area contributed by atoms with Crippen molar-refractivity contribution in [3.63, 3.8) is 0 Å². The molecule has 1 unspecified atom stereocenters. The van der Waals surface area contributed by atoms with E-state index >= 15 is 0 Å². The molecule has 0 amide bonds. The van der Waals surface area contributed by atoms with Crippen LogP contribution in [0.1, 0.15) is 36.7 Å². The third kappa shape index (κ3) is 3.53. The van der Waals surface area contributed by atoms with Crippen LogP contribution in [0.25, 0.3) is 5.69 Å². The molecule has 1 atom stereocenters. The number of para-hydroxylation sites is 1. The highest BCUT2D eigenvalue weighted by Gasteiger charge is 2.13. The molecule has 1 N–H and O–H groups in total. The van der Waals surface area contributed by atoms with Gasteiger partial charge in [-0.25, -0.2) is 4.68 Å². The van der Waals surface area contributed by atoms with Gasteiger partial charge in [0.25, 0.3) is 0 Å². The van der Waals surface area contributed by atoms with E-state index in [1.54, 1.807) is 0 Å². The first-order valence-electron chi connectivity index (χ1n) is 7.44. The van der Waals surface area contributed by atoms with E-state index in [-0.39, 0.29) is 0 Å². The Hall–Kier alpha value is -2.05. The van der Waals surface area contributed by atoms with Crippen molar-refractivity contribution < 1.29 is 0 Å². The topological polar surface area (TPSA) is 29.9 Å². The lowest BCUT2D eigenvalue weighted by atomic mass is 10.1. The van der Waals surface area contributed by atoms with Gasteiger partial charge in [0, 0.05) is 30.3 Å². The Balaban J connectivity index is 2.19. The lowest BCUT2D eigenvalue weighted by molar-refractivity contribution is 0.505. The number of terminal acetylenes is 1. The normalized spacial score (nSPS) is 12.1. The van der Waals surface area contributed by atoms with Crippen molar-refractivity contribution >= 4 is 0 Å². The summed E-state index contributed by atoms with van der Waals surface area (Å²) in [7, 11) is 0. The van der Waals surface area contributed by atoms with Crippen LogP contribution in [0.3, 0.4) is 0 Å². The maximum atomic E-state index is 5.41. The maximum absolute atomic E-state index is 5.41. The van der Waals surface area contributed by atoms with Crippen molar-refractivity contribution in [3.05, 3.63) is 47.3 Å². The SMILES string of the molecule is C#CCC(CC)NCc1c(C)nn(-c2ccccc2)c1C. The summed E-state index contributed by atoms with van der Waals surface area (Å²) < 4.78 is 2.01. The molecule has 0 aliphatic carbocycles. The highest BCUT2D eigenvalue weighted by atomic mass is 15.3. The van der Waals surface area contributed by atoms with Gasteiger partial charge in [-0.3, -0.25) is 0 Å². The first-order chi connectivity index (χ1) is 10.2. The molecule has 1 aromatic heterocycles. The van der Waals surface area contributed by atoms with E-state index in [0.717, 1.165) is 30.8 Å². The van der Waals surface area contributed by atoms with Crippen LogP contribution in [0.4, 0.5) is 0 Å². The van der Waals surface area contributed by atoms with E-state index in [0.29, 0.717) is 6.04 Å². The zero-order valence-corrected chi connectivity index (χ0v) is 13.1. The zero-order valence-electron chi connectivity index (χ0n) is 13.1. The molecule has 3 nitrogen and oxygen atoms in total. The average Bonchev–Trinajstić information content (AvgIpc) is 2.79. The molecule has 0 aliphatic rings. The number of hydrogen-bond donors (Lipinski definition) is 1. The molecule has 0 bridgehead atoms. The minimum absolute atomic E-state index is 0.369. The van der Waals surface area contributed by atoms with Crippen molar-refractivity contribution in [2.45, 2.75) is 46.2 Å². The molecule has 1 aromatic carbocycles. The highest BCUT2D eigenvalue weighted by Crippen LogP contribution is 2.18. The second-order valence-corrected chi connectivity index (χ2v) is 5.29. The van der Waals surface area contributed by atoms with Crippen LogP contribution < -0.4 is 5.32 Å². The highest BCUT2D eigenvalue weighted by molar-refractivity contribution is 5.36. The molecule has 2 rings (SSSR count). The molecule has 2 aromatic rings. The van der Waals surface area contributed by atoms with E-state index in [2.05, 4.69) is 49.2 Å². The summed E-state index contributed by atoms with van der Waals surface area (Å²) in [4.78, 5) is 0. The summed E-state index contributed by atoms with van der Waals surface area (Å²) >= 11 is 0. The van der Waals surface area contributed by atoms with Crippen molar-refractivity contribution in [1.82, 2.24) is 15.1 Å². The van der Waals surface area contributed by atoms with Crippen LogP contribution in [0, 0.1) is 26.2 Å². The molecule has 0 saturated carbocycles. The summed E-state index contributed by atoms with van der Waals surface area (Å²) in [5.41, 5.74) is 4.61. The van der Waals surface area contributed by atoms with Crippen LogP contribution in [-0.2, 0) is 6.54 Å². The molecular formula is C18H23N3. The fraction of sp³-hybridized carbons (Fsp3) is 0.389. The van der Waals surface area contributed by atoms with Crippen molar-refractivity contribution in [2.24, 2.45) is 0 Å². The number of nitrogens with one attached hydrogen (secondary N) is 1. The van der Waals surface area contributed by atoms with Gasteiger partial charge in [-0.05, 0) is 32.4 Å². The number of nitrogens with zero attached hydrogens (tertiary/aromatic N) is 2. The smallest absolute Gasteiger partial charge is 0.0648 e. The van der Waals surface area contributed by atoms with Gasteiger partial charge in [0.05, 0.1) is 11.4 Å². The molecule has 1 heterocycles. The second kappa shape index (κ2) is 7.10.